The Hall–Kier alpha value is -3.50. The molecule has 0 spiro atoms. The fourth-order valence-corrected chi connectivity index (χ4v) is 4.51. The highest BCUT2D eigenvalue weighted by molar-refractivity contribution is 9.10. The molecule has 0 saturated carbocycles. The molecule has 1 heterocycles. The lowest BCUT2D eigenvalue weighted by molar-refractivity contribution is -0.384. The summed E-state index contributed by atoms with van der Waals surface area (Å²) in [5, 5.41) is 10.4. The average molecular weight is 543 g/mol. The number of hydrogen-bond acceptors (Lipinski definition) is 6. The van der Waals surface area contributed by atoms with E-state index < -0.39 is 10.8 Å². The third-order valence-electron chi connectivity index (χ3n) is 4.92. The number of rotatable bonds is 7. The molecule has 10 heteroatoms. The smallest absolute Gasteiger partial charge is 0.293 e. The van der Waals surface area contributed by atoms with Gasteiger partial charge in [0.05, 0.1) is 20.8 Å². The minimum Gasteiger partial charge on any atom is -0.488 e. The molecule has 0 bridgehead atoms. The summed E-state index contributed by atoms with van der Waals surface area (Å²) >= 11 is 4.30. The number of halogens is 2. The standard InChI is InChI=1S/C24H16BrFN2O5S/c25-20-11-17(5-10-21(20)33-14-16-3-8-19(9-4-16)28(31)32)12-22-23(29)27(24(30)34-22)13-15-1-6-18(26)7-2-15/h1-12H,13-14H2/b22-12-. The monoisotopic (exact) mass is 542 g/mol. The Kier molecular flexibility index (Phi) is 7.09. The SMILES string of the molecule is O=C1S/C(=C\c2ccc(OCc3ccc([N+](=O)[O-])cc3)c(Br)c2)C(=O)N1Cc1ccc(F)cc1. The molecule has 0 N–H and O–H groups in total. The number of carbonyl (C=O) groups is 2. The molecule has 172 valence electrons. The van der Waals surface area contributed by atoms with E-state index in [1.165, 1.54) is 36.4 Å². The van der Waals surface area contributed by atoms with Crippen molar-refractivity contribution < 1.29 is 23.6 Å². The van der Waals surface area contributed by atoms with E-state index in [0.717, 1.165) is 22.2 Å². The highest BCUT2D eigenvalue weighted by atomic mass is 79.9. The van der Waals surface area contributed by atoms with Gasteiger partial charge < -0.3 is 4.74 Å². The lowest BCUT2D eigenvalue weighted by Crippen LogP contribution is -2.27. The van der Waals surface area contributed by atoms with Crippen molar-refractivity contribution in [1.82, 2.24) is 4.90 Å². The zero-order chi connectivity index (χ0) is 24.2. The zero-order valence-corrected chi connectivity index (χ0v) is 19.8. The number of ether oxygens (including phenoxy) is 1. The van der Waals surface area contributed by atoms with Crippen LogP contribution in [0.15, 0.2) is 76.1 Å². The molecule has 0 aliphatic carbocycles. The van der Waals surface area contributed by atoms with E-state index in [0.29, 0.717) is 26.3 Å². The first-order chi connectivity index (χ1) is 16.3. The quantitative estimate of drug-likeness (QED) is 0.197. The lowest BCUT2D eigenvalue weighted by atomic mass is 10.2. The zero-order valence-electron chi connectivity index (χ0n) is 17.4. The predicted octanol–water partition coefficient (Wildman–Crippen LogP) is 6.31. The Morgan fingerprint density at radius 1 is 1.03 bits per heavy atom. The number of non-ortho nitro benzene ring substituents is 1. The van der Waals surface area contributed by atoms with Crippen LogP contribution < -0.4 is 4.74 Å². The number of nitro groups is 1. The van der Waals surface area contributed by atoms with Crippen molar-refractivity contribution in [3.05, 3.63) is 109 Å². The van der Waals surface area contributed by atoms with Crippen LogP contribution in [0.2, 0.25) is 0 Å². The predicted molar refractivity (Wildman–Crippen MR) is 129 cm³/mol. The summed E-state index contributed by atoms with van der Waals surface area (Å²) in [4.78, 5) is 36.8. The van der Waals surface area contributed by atoms with Gasteiger partial charge in [-0.15, -0.1) is 0 Å². The Morgan fingerprint density at radius 3 is 2.35 bits per heavy atom. The Balaban J connectivity index is 1.42. The molecule has 0 aromatic heterocycles. The van der Waals surface area contributed by atoms with Crippen molar-refractivity contribution in [3.8, 4) is 5.75 Å². The maximum atomic E-state index is 13.1. The molecule has 0 atom stereocenters. The summed E-state index contributed by atoms with van der Waals surface area (Å²) in [6.45, 7) is 0.291. The molecule has 1 saturated heterocycles. The Labute approximate surface area is 206 Å². The van der Waals surface area contributed by atoms with Gasteiger partial charge in [-0.3, -0.25) is 24.6 Å². The van der Waals surface area contributed by atoms with E-state index in [2.05, 4.69) is 15.9 Å². The van der Waals surface area contributed by atoms with E-state index in [9.17, 15) is 24.1 Å². The van der Waals surface area contributed by atoms with Crippen molar-refractivity contribution in [2.24, 2.45) is 0 Å². The molecule has 1 fully saturated rings. The van der Waals surface area contributed by atoms with Crippen LogP contribution in [0.5, 0.6) is 5.75 Å². The van der Waals surface area contributed by atoms with Gasteiger partial charge in [0.25, 0.3) is 16.8 Å². The van der Waals surface area contributed by atoms with Crippen LogP contribution in [-0.2, 0) is 17.9 Å². The highest BCUT2D eigenvalue weighted by Gasteiger charge is 2.35. The largest absolute Gasteiger partial charge is 0.488 e. The summed E-state index contributed by atoms with van der Waals surface area (Å²) in [5.41, 5.74) is 2.14. The van der Waals surface area contributed by atoms with Crippen LogP contribution >= 0.6 is 27.7 Å². The van der Waals surface area contributed by atoms with Crippen molar-refractivity contribution in [3.63, 3.8) is 0 Å². The minimum atomic E-state index is -0.461. The van der Waals surface area contributed by atoms with E-state index in [4.69, 9.17) is 4.74 Å². The molecule has 1 aliphatic heterocycles. The van der Waals surface area contributed by atoms with Crippen LogP contribution in [-0.4, -0.2) is 21.0 Å². The number of hydrogen-bond donors (Lipinski definition) is 0. The summed E-state index contributed by atoms with van der Waals surface area (Å²) in [5.74, 6) is -0.239. The number of thioether (sulfide) groups is 1. The summed E-state index contributed by atoms with van der Waals surface area (Å²) in [6.07, 6.45) is 1.63. The van der Waals surface area contributed by atoms with Gasteiger partial charge in [0, 0.05) is 12.1 Å². The molecule has 0 radical (unpaired) electrons. The fourth-order valence-electron chi connectivity index (χ4n) is 3.16. The van der Waals surface area contributed by atoms with Gasteiger partial charge in [-0.1, -0.05) is 18.2 Å². The molecule has 2 amide bonds. The van der Waals surface area contributed by atoms with Crippen molar-refractivity contribution in [2.75, 3.05) is 0 Å². The topological polar surface area (TPSA) is 89.7 Å². The second-order valence-electron chi connectivity index (χ2n) is 7.30. The molecular formula is C24H16BrFN2O5S. The van der Waals surface area contributed by atoms with Crippen LogP contribution in [0.3, 0.4) is 0 Å². The molecule has 3 aromatic rings. The number of carbonyl (C=O) groups excluding carboxylic acids is 2. The fraction of sp³-hybridized carbons (Fsp3) is 0.0833. The molecule has 3 aromatic carbocycles. The third kappa shape index (κ3) is 5.52. The summed E-state index contributed by atoms with van der Waals surface area (Å²) in [6, 6.07) is 17.0. The third-order valence-corrected chi connectivity index (χ3v) is 6.45. The molecule has 7 nitrogen and oxygen atoms in total. The number of benzene rings is 3. The van der Waals surface area contributed by atoms with Gasteiger partial charge in [-0.2, -0.15) is 0 Å². The number of amides is 2. The van der Waals surface area contributed by atoms with E-state index in [-0.39, 0.29) is 29.9 Å². The second kappa shape index (κ2) is 10.2. The molecule has 34 heavy (non-hydrogen) atoms. The summed E-state index contributed by atoms with van der Waals surface area (Å²) in [7, 11) is 0. The first-order valence-electron chi connectivity index (χ1n) is 9.95. The van der Waals surface area contributed by atoms with Gasteiger partial charge >= 0.3 is 0 Å². The van der Waals surface area contributed by atoms with E-state index in [1.54, 1.807) is 36.4 Å². The van der Waals surface area contributed by atoms with Gasteiger partial charge in [-0.05, 0) is 86.9 Å². The minimum absolute atomic E-state index is 0.0105. The van der Waals surface area contributed by atoms with Gasteiger partial charge in [-0.25, -0.2) is 4.39 Å². The van der Waals surface area contributed by atoms with Gasteiger partial charge in [0.1, 0.15) is 18.2 Å². The van der Waals surface area contributed by atoms with E-state index in [1.807, 2.05) is 0 Å². The van der Waals surface area contributed by atoms with Crippen molar-refractivity contribution in [2.45, 2.75) is 13.2 Å². The second-order valence-corrected chi connectivity index (χ2v) is 9.14. The van der Waals surface area contributed by atoms with Crippen molar-refractivity contribution >= 4 is 50.6 Å². The number of nitrogens with zero attached hydrogens (tertiary/aromatic N) is 2. The molecular weight excluding hydrogens is 527 g/mol. The maximum Gasteiger partial charge on any atom is 0.293 e. The summed E-state index contributed by atoms with van der Waals surface area (Å²) < 4.78 is 19.5. The van der Waals surface area contributed by atoms with Gasteiger partial charge in [0.15, 0.2) is 0 Å². The van der Waals surface area contributed by atoms with Crippen LogP contribution in [0.4, 0.5) is 14.9 Å². The normalized spacial score (nSPS) is 14.6. The molecule has 0 unspecified atom stereocenters. The first kappa shape index (κ1) is 23.7. The van der Waals surface area contributed by atoms with Crippen LogP contribution in [0, 0.1) is 15.9 Å². The first-order valence-corrected chi connectivity index (χ1v) is 11.6. The van der Waals surface area contributed by atoms with E-state index >= 15 is 0 Å². The molecule has 4 rings (SSSR count). The van der Waals surface area contributed by atoms with Crippen molar-refractivity contribution in [1.29, 1.82) is 0 Å². The lowest BCUT2D eigenvalue weighted by Gasteiger charge is -2.12. The van der Waals surface area contributed by atoms with Crippen LogP contribution in [0.1, 0.15) is 16.7 Å². The number of imide groups is 1. The number of nitro benzene ring substituents is 1. The highest BCUT2D eigenvalue weighted by Crippen LogP contribution is 2.35. The van der Waals surface area contributed by atoms with Gasteiger partial charge in [0.2, 0.25) is 0 Å². The van der Waals surface area contributed by atoms with Crippen LogP contribution in [0.25, 0.3) is 6.08 Å². The Bertz CT molecular complexity index is 1300. The Morgan fingerprint density at radius 2 is 1.71 bits per heavy atom. The average Bonchev–Trinajstić information content (AvgIpc) is 3.07. The molecule has 1 aliphatic rings. The maximum absolute atomic E-state index is 13.1.